The zero-order valence-electron chi connectivity index (χ0n) is 11.0. The van der Waals surface area contributed by atoms with E-state index >= 15 is 0 Å². The van der Waals surface area contributed by atoms with Crippen molar-refractivity contribution in [1.29, 1.82) is 0 Å². The molecule has 1 fully saturated rings. The van der Waals surface area contributed by atoms with Gasteiger partial charge in [0, 0.05) is 18.1 Å². The predicted molar refractivity (Wildman–Crippen MR) is 75.3 cm³/mol. The van der Waals surface area contributed by atoms with Gasteiger partial charge in [-0.25, -0.2) is 8.42 Å². The Morgan fingerprint density at radius 3 is 2.80 bits per heavy atom. The lowest BCUT2D eigenvalue weighted by Crippen LogP contribution is -2.42. The van der Waals surface area contributed by atoms with Crippen LogP contribution in [0.25, 0.3) is 0 Å². The summed E-state index contributed by atoms with van der Waals surface area (Å²) >= 11 is 5.86. The molecule has 1 saturated heterocycles. The van der Waals surface area contributed by atoms with Gasteiger partial charge in [-0.1, -0.05) is 17.7 Å². The van der Waals surface area contributed by atoms with Crippen molar-refractivity contribution >= 4 is 27.6 Å². The number of hydrogen-bond donors (Lipinski definition) is 1. The Morgan fingerprint density at radius 1 is 1.45 bits per heavy atom. The van der Waals surface area contributed by atoms with E-state index in [1.165, 1.54) is 10.4 Å². The number of aryl methyl sites for hydroxylation is 1. The number of rotatable bonds is 3. The number of aliphatic carboxylic acids is 1. The molecule has 1 aliphatic rings. The zero-order valence-corrected chi connectivity index (χ0v) is 12.6. The molecule has 2 rings (SSSR count). The SMILES string of the molecule is Cc1ccc(Cl)cc1S(=O)(=O)N1CCCC(C(=O)O)C1. The second kappa shape index (κ2) is 5.71. The highest BCUT2D eigenvalue weighted by Gasteiger charge is 2.33. The number of benzene rings is 1. The summed E-state index contributed by atoms with van der Waals surface area (Å²) in [6.07, 6.45) is 1.06. The fourth-order valence-corrected chi connectivity index (χ4v) is 4.36. The molecule has 1 aliphatic heterocycles. The van der Waals surface area contributed by atoms with E-state index < -0.39 is 21.9 Å². The molecule has 1 unspecified atom stereocenters. The first-order chi connectivity index (χ1) is 9.32. The summed E-state index contributed by atoms with van der Waals surface area (Å²) in [5.74, 6) is -1.59. The second-order valence-corrected chi connectivity index (χ2v) is 7.29. The number of hydrogen-bond acceptors (Lipinski definition) is 3. The molecule has 0 radical (unpaired) electrons. The minimum atomic E-state index is -3.70. The van der Waals surface area contributed by atoms with Crippen molar-refractivity contribution in [3.05, 3.63) is 28.8 Å². The van der Waals surface area contributed by atoms with E-state index in [1.807, 2.05) is 0 Å². The number of carbonyl (C=O) groups is 1. The minimum Gasteiger partial charge on any atom is -0.481 e. The van der Waals surface area contributed by atoms with Gasteiger partial charge in [-0.2, -0.15) is 4.31 Å². The molecule has 5 nitrogen and oxygen atoms in total. The van der Waals surface area contributed by atoms with Gasteiger partial charge in [0.05, 0.1) is 10.8 Å². The summed E-state index contributed by atoms with van der Waals surface area (Å²) in [5.41, 5.74) is 0.604. The number of piperidine rings is 1. The monoisotopic (exact) mass is 317 g/mol. The average molecular weight is 318 g/mol. The first kappa shape index (κ1) is 15.3. The maximum atomic E-state index is 12.6. The molecule has 0 saturated carbocycles. The smallest absolute Gasteiger partial charge is 0.307 e. The van der Waals surface area contributed by atoms with Gasteiger partial charge in [0.2, 0.25) is 10.0 Å². The molecule has 0 spiro atoms. The summed E-state index contributed by atoms with van der Waals surface area (Å²) < 4.78 is 26.4. The Morgan fingerprint density at radius 2 is 2.15 bits per heavy atom. The molecule has 0 amide bonds. The van der Waals surface area contributed by atoms with Crippen LogP contribution in [0.2, 0.25) is 5.02 Å². The molecular formula is C13H16ClNO4S. The maximum absolute atomic E-state index is 12.6. The highest BCUT2D eigenvalue weighted by molar-refractivity contribution is 7.89. The van der Waals surface area contributed by atoms with Crippen molar-refractivity contribution < 1.29 is 18.3 Å². The highest BCUT2D eigenvalue weighted by atomic mass is 35.5. The molecular weight excluding hydrogens is 302 g/mol. The van der Waals surface area contributed by atoms with E-state index in [4.69, 9.17) is 16.7 Å². The van der Waals surface area contributed by atoms with E-state index in [0.717, 1.165) is 0 Å². The Kier molecular flexibility index (Phi) is 4.36. The van der Waals surface area contributed by atoms with Crippen molar-refractivity contribution in [2.24, 2.45) is 5.92 Å². The molecule has 1 aromatic rings. The molecule has 0 bridgehead atoms. The quantitative estimate of drug-likeness (QED) is 0.926. The zero-order chi connectivity index (χ0) is 14.9. The highest BCUT2D eigenvalue weighted by Crippen LogP contribution is 2.27. The summed E-state index contributed by atoms with van der Waals surface area (Å²) in [6.45, 7) is 2.06. The van der Waals surface area contributed by atoms with Gasteiger partial charge in [-0.05, 0) is 37.5 Å². The molecule has 1 atom stereocenters. The molecule has 110 valence electrons. The topological polar surface area (TPSA) is 74.7 Å². The Balaban J connectivity index is 2.35. The van der Waals surface area contributed by atoms with Crippen molar-refractivity contribution in [1.82, 2.24) is 4.31 Å². The third-order valence-electron chi connectivity index (χ3n) is 3.50. The lowest BCUT2D eigenvalue weighted by atomic mass is 10.0. The van der Waals surface area contributed by atoms with Crippen LogP contribution in [-0.2, 0) is 14.8 Å². The van der Waals surface area contributed by atoms with Crippen LogP contribution in [-0.4, -0.2) is 36.9 Å². The Labute approximate surface area is 123 Å². The second-order valence-electron chi connectivity index (χ2n) is 4.95. The van der Waals surface area contributed by atoms with E-state index in [1.54, 1.807) is 19.1 Å². The molecule has 1 aromatic carbocycles. The van der Waals surface area contributed by atoms with Gasteiger partial charge in [0.25, 0.3) is 0 Å². The van der Waals surface area contributed by atoms with E-state index in [9.17, 15) is 13.2 Å². The number of carboxylic acid groups (broad SMARTS) is 1. The van der Waals surface area contributed by atoms with Crippen molar-refractivity contribution in [3.63, 3.8) is 0 Å². The fraction of sp³-hybridized carbons (Fsp3) is 0.462. The van der Waals surface area contributed by atoms with Crippen LogP contribution in [0.5, 0.6) is 0 Å². The van der Waals surface area contributed by atoms with Crippen LogP contribution in [0.4, 0.5) is 0 Å². The normalized spacial score (nSPS) is 20.8. The number of sulfonamides is 1. The minimum absolute atomic E-state index is 0.0175. The van der Waals surface area contributed by atoms with Gasteiger partial charge >= 0.3 is 5.97 Å². The van der Waals surface area contributed by atoms with Crippen LogP contribution < -0.4 is 0 Å². The maximum Gasteiger partial charge on any atom is 0.307 e. The van der Waals surface area contributed by atoms with Gasteiger partial charge in [0.15, 0.2) is 0 Å². The van der Waals surface area contributed by atoms with Crippen LogP contribution in [0.15, 0.2) is 23.1 Å². The van der Waals surface area contributed by atoms with Crippen LogP contribution in [0.3, 0.4) is 0 Å². The third kappa shape index (κ3) is 2.97. The average Bonchev–Trinajstić information content (AvgIpc) is 2.41. The molecule has 1 heterocycles. The lowest BCUT2D eigenvalue weighted by molar-refractivity contribution is -0.142. The van der Waals surface area contributed by atoms with E-state index in [2.05, 4.69) is 0 Å². The van der Waals surface area contributed by atoms with Crippen molar-refractivity contribution in [2.75, 3.05) is 13.1 Å². The number of nitrogens with zero attached hydrogens (tertiary/aromatic N) is 1. The summed E-state index contributed by atoms with van der Waals surface area (Å²) in [6, 6.07) is 4.69. The van der Waals surface area contributed by atoms with Gasteiger partial charge in [0.1, 0.15) is 0 Å². The number of halogens is 1. The van der Waals surface area contributed by atoms with Crippen LogP contribution >= 0.6 is 11.6 Å². The Bertz CT molecular complexity index is 629. The summed E-state index contributed by atoms with van der Waals surface area (Å²) in [7, 11) is -3.70. The molecule has 0 aliphatic carbocycles. The van der Waals surface area contributed by atoms with Crippen molar-refractivity contribution in [3.8, 4) is 0 Å². The van der Waals surface area contributed by atoms with Gasteiger partial charge in [-0.15, -0.1) is 0 Å². The lowest BCUT2D eigenvalue weighted by Gasteiger charge is -2.30. The summed E-state index contributed by atoms with van der Waals surface area (Å²) in [4.78, 5) is 11.2. The number of carboxylic acids is 1. The molecule has 20 heavy (non-hydrogen) atoms. The van der Waals surface area contributed by atoms with Gasteiger partial charge < -0.3 is 5.11 Å². The largest absolute Gasteiger partial charge is 0.481 e. The van der Waals surface area contributed by atoms with Crippen LogP contribution in [0, 0.1) is 12.8 Å². The fourth-order valence-electron chi connectivity index (χ4n) is 2.35. The first-order valence-corrected chi connectivity index (χ1v) is 8.13. The molecule has 0 aromatic heterocycles. The van der Waals surface area contributed by atoms with Gasteiger partial charge in [-0.3, -0.25) is 4.79 Å². The standard InChI is InChI=1S/C13H16ClNO4S/c1-9-4-5-11(14)7-12(9)20(18,19)15-6-2-3-10(8-15)13(16)17/h4-5,7,10H,2-3,6,8H2,1H3,(H,16,17). The third-order valence-corrected chi connectivity index (χ3v) is 5.74. The van der Waals surface area contributed by atoms with E-state index in [-0.39, 0.29) is 11.4 Å². The first-order valence-electron chi connectivity index (χ1n) is 6.31. The van der Waals surface area contributed by atoms with Crippen molar-refractivity contribution in [2.45, 2.75) is 24.7 Å². The molecule has 7 heteroatoms. The van der Waals surface area contributed by atoms with E-state index in [0.29, 0.717) is 30.0 Å². The Hall–Kier alpha value is -1.11. The predicted octanol–water partition coefficient (Wildman–Crippen LogP) is 2.13. The summed E-state index contributed by atoms with van der Waals surface area (Å²) in [5, 5.41) is 9.40. The van der Waals surface area contributed by atoms with Crippen LogP contribution in [0.1, 0.15) is 18.4 Å². The molecule has 1 N–H and O–H groups in total.